The van der Waals surface area contributed by atoms with E-state index in [0.717, 1.165) is 0 Å². The molecule has 1 N–H and O–H groups in total. The smallest absolute Gasteiger partial charge is 0.335 e. The van der Waals surface area contributed by atoms with Crippen LogP contribution in [0.1, 0.15) is 27.7 Å². The zero-order valence-electron chi connectivity index (χ0n) is 8.40. The molecule has 0 unspecified atom stereocenters. The zero-order chi connectivity index (χ0) is 10.2. The van der Waals surface area contributed by atoms with Crippen LogP contribution in [0.25, 0.3) is 0 Å². The van der Waals surface area contributed by atoms with Crippen LogP contribution in [0.5, 0.6) is 0 Å². The third-order valence-electron chi connectivity index (χ3n) is 2.03. The van der Waals surface area contributed by atoms with Gasteiger partial charge in [0.1, 0.15) is 6.10 Å². The van der Waals surface area contributed by atoms with Crippen LogP contribution < -0.4 is 0 Å². The summed E-state index contributed by atoms with van der Waals surface area (Å²) in [7, 11) is 0. The zero-order valence-corrected chi connectivity index (χ0v) is 8.40. The minimum absolute atomic E-state index is 0.142. The van der Waals surface area contributed by atoms with Crippen molar-refractivity contribution in [1.29, 1.82) is 0 Å². The number of carboxylic acid groups (broad SMARTS) is 1. The minimum atomic E-state index is -0.954. The SMILES string of the molecule is CC(C)[C@@H]1OC(C)(C)O[C@@H]1C(=O)O. The van der Waals surface area contributed by atoms with E-state index in [9.17, 15) is 4.79 Å². The molecule has 0 amide bonds. The van der Waals surface area contributed by atoms with Gasteiger partial charge in [-0.2, -0.15) is 0 Å². The van der Waals surface area contributed by atoms with Gasteiger partial charge in [0.05, 0.1) is 0 Å². The maximum absolute atomic E-state index is 10.8. The number of hydrogen-bond donors (Lipinski definition) is 1. The lowest BCUT2D eigenvalue weighted by atomic mass is 10.0. The minimum Gasteiger partial charge on any atom is -0.479 e. The summed E-state index contributed by atoms with van der Waals surface area (Å²) < 4.78 is 10.7. The molecule has 4 nitrogen and oxygen atoms in total. The first-order valence-electron chi connectivity index (χ1n) is 4.42. The van der Waals surface area contributed by atoms with Gasteiger partial charge in [-0.25, -0.2) is 4.79 Å². The van der Waals surface area contributed by atoms with Gasteiger partial charge in [-0.1, -0.05) is 13.8 Å². The summed E-state index contributed by atoms with van der Waals surface area (Å²) in [6.45, 7) is 7.30. The topological polar surface area (TPSA) is 55.8 Å². The molecule has 0 aromatic rings. The van der Waals surface area contributed by atoms with Gasteiger partial charge in [-0.05, 0) is 19.8 Å². The van der Waals surface area contributed by atoms with Crippen LogP contribution in [0.3, 0.4) is 0 Å². The van der Waals surface area contributed by atoms with Crippen LogP contribution in [0.15, 0.2) is 0 Å². The molecule has 1 fully saturated rings. The molecule has 76 valence electrons. The summed E-state index contributed by atoms with van der Waals surface area (Å²) in [6, 6.07) is 0. The van der Waals surface area contributed by atoms with Gasteiger partial charge in [0.25, 0.3) is 0 Å². The van der Waals surface area contributed by atoms with Gasteiger partial charge in [0.15, 0.2) is 11.9 Å². The molecule has 0 aliphatic carbocycles. The highest BCUT2D eigenvalue weighted by molar-refractivity contribution is 5.73. The molecule has 1 aliphatic heterocycles. The maximum Gasteiger partial charge on any atom is 0.335 e. The number of aliphatic carboxylic acids is 1. The van der Waals surface area contributed by atoms with Crippen LogP contribution in [0, 0.1) is 5.92 Å². The van der Waals surface area contributed by atoms with Crippen molar-refractivity contribution >= 4 is 5.97 Å². The molecule has 1 saturated heterocycles. The predicted octanol–water partition coefficient (Wildman–Crippen LogP) is 1.25. The van der Waals surface area contributed by atoms with Gasteiger partial charge in [0, 0.05) is 0 Å². The lowest BCUT2D eigenvalue weighted by Crippen LogP contribution is -2.34. The van der Waals surface area contributed by atoms with Crippen molar-refractivity contribution < 1.29 is 19.4 Å². The highest BCUT2D eigenvalue weighted by Crippen LogP contribution is 2.31. The Labute approximate surface area is 77.8 Å². The van der Waals surface area contributed by atoms with Crippen molar-refractivity contribution in [3.63, 3.8) is 0 Å². The summed E-state index contributed by atoms with van der Waals surface area (Å²) >= 11 is 0. The summed E-state index contributed by atoms with van der Waals surface area (Å²) in [4.78, 5) is 10.8. The average molecular weight is 188 g/mol. The fraction of sp³-hybridized carbons (Fsp3) is 0.889. The number of rotatable bonds is 2. The Morgan fingerprint density at radius 2 is 1.92 bits per heavy atom. The average Bonchev–Trinajstić information content (AvgIpc) is 2.26. The quantitative estimate of drug-likeness (QED) is 0.708. The van der Waals surface area contributed by atoms with Gasteiger partial charge in [0.2, 0.25) is 0 Å². The van der Waals surface area contributed by atoms with E-state index in [4.69, 9.17) is 14.6 Å². The fourth-order valence-electron chi connectivity index (χ4n) is 1.47. The van der Waals surface area contributed by atoms with Crippen LogP contribution in [-0.2, 0) is 14.3 Å². The van der Waals surface area contributed by atoms with Gasteiger partial charge < -0.3 is 14.6 Å². The predicted molar refractivity (Wildman–Crippen MR) is 46.3 cm³/mol. The van der Waals surface area contributed by atoms with Crippen molar-refractivity contribution in [1.82, 2.24) is 0 Å². The second kappa shape index (κ2) is 3.27. The number of hydrogen-bond acceptors (Lipinski definition) is 3. The molecule has 1 aliphatic rings. The Morgan fingerprint density at radius 1 is 1.38 bits per heavy atom. The molecule has 0 bridgehead atoms. The lowest BCUT2D eigenvalue weighted by Gasteiger charge is -2.18. The van der Waals surface area contributed by atoms with Crippen molar-refractivity contribution in [3.05, 3.63) is 0 Å². The van der Waals surface area contributed by atoms with Crippen molar-refractivity contribution in [2.75, 3.05) is 0 Å². The van der Waals surface area contributed by atoms with Crippen molar-refractivity contribution in [2.45, 2.75) is 45.7 Å². The summed E-state index contributed by atoms with van der Waals surface area (Å²) in [5.41, 5.74) is 0. The molecule has 0 aromatic heterocycles. The largest absolute Gasteiger partial charge is 0.479 e. The van der Waals surface area contributed by atoms with Gasteiger partial charge >= 0.3 is 5.97 Å². The summed E-state index contributed by atoms with van der Waals surface area (Å²) in [6.07, 6.45) is -1.19. The molecule has 0 saturated carbocycles. The van der Waals surface area contributed by atoms with E-state index < -0.39 is 17.9 Å². The van der Waals surface area contributed by atoms with E-state index in [1.165, 1.54) is 0 Å². The molecule has 0 radical (unpaired) electrons. The molecular weight excluding hydrogens is 172 g/mol. The number of carboxylic acids is 1. The van der Waals surface area contributed by atoms with E-state index >= 15 is 0 Å². The molecule has 4 heteroatoms. The molecule has 13 heavy (non-hydrogen) atoms. The summed E-state index contributed by atoms with van der Waals surface area (Å²) in [5.74, 6) is -1.59. The van der Waals surface area contributed by atoms with E-state index in [0.29, 0.717) is 0 Å². The highest BCUT2D eigenvalue weighted by Gasteiger charge is 2.46. The standard InChI is InChI=1S/C9H16O4/c1-5(2)6-7(8(10)11)13-9(3,4)12-6/h5-7H,1-4H3,(H,10,11)/t6-,7-/m0/s1. The first-order valence-corrected chi connectivity index (χ1v) is 4.42. The van der Waals surface area contributed by atoms with Crippen LogP contribution in [0.2, 0.25) is 0 Å². The molecule has 1 heterocycles. The normalized spacial score (nSPS) is 32.4. The van der Waals surface area contributed by atoms with Crippen molar-refractivity contribution in [3.8, 4) is 0 Å². The fourth-order valence-corrected chi connectivity index (χ4v) is 1.47. The Morgan fingerprint density at radius 3 is 2.23 bits per heavy atom. The lowest BCUT2D eigenvalue weighted by molar-refractivity contribution is -0.166. The van der Waals surface area contributed by atoms with E-state index in [-0.39, 0.29) is 12.0 Å². The molecule has 0 aromatic carbocycles. The number of carbonyl (C=O) groups is 1. The molecule has 2 atom stereocenters. The molecular formula is C9H16O4. The number of ether oxygens (including phenoxy) is 2. The van der Waals surface area contributed by atoms with Gasteiger partial charge in [-0.15, -0.1) is 0 Å². The van der Waals surface area contributed by atoms with Crippen molar-refractivity contribution in [2.24, 2.45) is 5.92 Å². The molecule has 0 spiro atoms. The third-order valence-corrected chi connectivity index (χ3v) is 2.03. The second-order valence-electron chi connectivity index (χ2n) is 4.10. The van der Waals surface area contributed by atoms with E-state index in [1.807, 2.05) is 13.8 Å². The third kappa shape index (κ3) is 2.19. The molecule has 1 rings (SSSR count). The monoisotopic (exact) mass is 188 g/mol. The van der Waals surface area contributed by atoms with E-state index in [2.05, 4.69) is 0 Å². The summed E-state index contributed by atoms with van der Waals surface area (Å²) in [5, 5.41) is 8.86. The van der Waals surface area contributed by atoms with Crippen LogP contribution in [-0.4, -0.2) is 29.1 Å². The first-order chi connectivity index (χ1) is 5.83. The Kier molecular flexibility index (Phi) is 2.63. The Bertz CT molecular complexity index is 210. The van der Waals surface area contributed by atoms with E-state index in [1.54, 1.807) is 13.8 Å². The highest BCUT2D eigenvalue weighted by atomic mass is 16.8. The first kappa shape index (κ1) is 10.5. The van der Waals surface area contributed by atoms with Crippen LogP contribution >= 0.6 is 0 Å². The Balaban J connectivity index is 2.77. The maximum atomic E-state index is 10.8. The van der Waals surface area contributed by atoms with Crippen LogP contribution in [0.4, 0.5) is 0 Å². The second-order valence-corrected chi connectivity index (χ2v) is 4.10. The Hall–Kier alpha value is -0.610. The van der Waals surface area contributed by atoms with Gasteiger partial charge in [-0.3, -0.25) is 0 Å².